The lowest BCUT2D eigenvalue weighted by Gasteiger charge is -2.03. The smallest absolute Gasteiger partial charge is 0.177 e. The van der Waals surface area contributed by atoms with Gasteiger partial charge in [0, 0.05) is 12.1 Å². The first-order valence-corrected chi connectivity index (χ1v) is 4.20. The number of Topliss-reactive ketones (excluding diaryl/α,β-unsaturated/α-hetero) is 1. The highest BCUT2D eigenvalue weighted by molar-refractivity contribution is 6.30. The Kier molecular flexibility index (Phi) is 3.26. The highest BCUT2D eigenvalue weighted by Gasteiger charge is 2.07. The fraction of sp³-hybridized carbons (Fsp3) is 0.222. The number of ketones is 1. The van der Waals surface area contributed by atoms with Crippen LogP contribution in [0, 0.1) is 0 Å². The van der Waals surface area contributed by atoms with Crippen LogP contribution in [0.25, 0.3) is 0 Å². The average Bonchev–Trinajstić information content (AvgIpc) is 2.16. The van der Waals surface area contributed by atoms with Crippen LogP contribution in [0.4, 0.5) is 0 Å². The molecule has 3 heteroatoms. The Hall–Kier alpha value is -0.860. The maximum Gasteiger partial charge on any atom is 0.177 e. The van der Waals surface area contributed by atoms with Crippen molar-refractivity contribution in [3.8, 4) is 0 Å². The molecule has 2 nitrogen and oxygen atoms in total. The van der Waals surface area contributed by atoms with Crippen molar-refractivity contribution >= 4 is 17.4 Å². The van der Waals surface area contributed by atoms with Crippen LogP contribution in [-0.4, -0.2) is 11.7 Å². The maximum atomic E-state index is 11.2. The predicted molar refractivity (Wildman–Crippen MR) is 49.4 cm³/mol. The summed E-state index contributed by atoms with van der Waals surface area (Å²) in [6.07, 6.45) is 0. The Labute approximate surface area is 76.3 Å². The lowest BCUT2D eigenvalue weighted by molar-refractivity contribution is 0.102. The van der Waals surface area contributed by atoms with Crippen LogP contribution in [0.1, 0.15) is 15.9 Å². The van der Waals surface area contributed by atoms with E-state index in [4.69, 9.17) is 17.3 Å². The molecule has 1 rings (SSSR count). The first-order valence-electron chi connectivity index (χ1n) is 3.66. The summed E-state index contributed by atoms with van der Waals surface area (Å²) in [5.74, 6) is -0.0606. The van der Waals surface area contributed by atoms with Crippen molar-refractivity contribution in [3.05, 3.63) is 35.4 Å². The van der Waals surface area contributed by atoms with Gasteiger partial charge < -0.3 is 5.73 Å². The van der Waals surface area contributed by atoms with Crippen LogP contribution in [0.3, 0.4) is 0 Å². The van der Waals surface area contributed by atoms with E-state index in [0.717, 1.165) is 5.56 Å². The van der Waals surface area contributed by atoms with E-state index < -0.39 is 0 Å². The standard InChI is InChI=1S/C9H10ClNO/c10-5-9(12)8-4-2-1-3-7(8)6-11/h1-4H,5-6,11H2. The van der Waals surface area contributed by atoms with Crippen molar-refractivity contribution in [1.82, 2.24) is 0 Å². The first-order chi connectivity index (χ1) is 5.79. The quantitative estimate of drug-likeness (QED) is 0.571. The van der Waals surface area contributed by atoms with Gasteiger partial charge in [-0.05, 0) is 5.56 Å². The summed E-state index contributed by atoms with van der Waals surface area (Å²) in [6.45, 7) is 0.374. The zero-order chi connectivity index (χ0) is 8.97. The molecule has 0 amide bonds. The van der Waals surface area contributed by atoms with Gasteiger partial charge in [0.2, 0.25) is 0 Å². The Morgan fingerprint density at radius 2 is 2.08 bits per heavy atom. The Morgan fingerprint density at radius 3 is 2.67 bits per heavy atom. The Bertz CT molecular complexity index is 286. The van der Waals surface area contributed by atoms with Crippen LogP contribution in [-0.2, 0) is 6.54 Å². The van der Waals surface area contributed by atoms with Gasteiger partial charge in [0.25, 0.3) is 0 Å². The van der Waals surface area contributed by atoms with Crippen molar-refractivity contribution in [3.63, 3.8) is 0 Å². The van der Waals surface area contributed by atoms with Gasteiger partial charge in [-0.2, -0.15) is 0 Å². The van der Waals surface area contributed by atoms with Crippen molar-refractivity contribution in [2.45, 2.75) is 6.54 Å². The zero-order valence-electron chi connectivity index (χ0n) is 6.59. The van der Waals surface area contributed by atoms with Gasteiger partial charge in [0.05, 0.1) is 5.88 Å². The van der Waals surface area contributed by atoms with Crippen LogP contribution < -0.4 is 5.73 Å². The molecule has 2 N–H and O–H groups in total. The van der Waals surface area contributed by atoms with Crippen LogP contribution in [0.15, 0.2) is 24.3 Å². The molecule has 0 aromatic heterocycles. The maximum absolute atomic E-state index is 11.2. The Balaban J connectivity index is 3.04. The molecule has 0 aliphatic heterocycles. The normalized spacial score (nSPS) is 9.83. The summed E-state index contributed by atoms with van der Waals surface area (Å²) in [6, 6.07) is 7.23. The molecule has 0 bridgehead atoms. The summed E-state index contributed by atoms with van der Waals surface area (Å²) < 4.78 is 0. The summed E-state index contributed by atoms with van der Waals surface area (Å²) >= 11 is 5.43. The summed E-state index contributed by atoms with van der Waals surface area (Å²) in [4.78, 5) is 11.2. The van der Waals surface area contributed by atoms with E-state index in [2.05, 4.69) is 0 Å². The number of hydrogen-bond donors (Lipinski definition) is 1. The topological polar surface area (TPSA) is 43.1 Å². The molecule has 1 aromatic rings. The monoisotopic (exact) mass is 183 g/mol. The zero-order valence-corrected chi connectivity index (χ0v) is 7.34. The van der Waals surface area contributed by atoms with E-state index in [-0.39, 0.29) is 11.7 Å². The Morgan fingerprint density at radius 1 is 1.42 bits per heavy atom. The minimum Gasteiger partial charge on any atom is -0.326 e. The molecule has 0 fully saturated rings. The number of hydrogen-bond acceptors (Lipinski definition) is 2. The lowest BCUT2D eigenvalue weighted by Crippen LogP contribution is -2.08. The van der Waals surface area contributed by atoms with Crippen molar-refractivity contribution in [1.29, 1.82) is 0 Å². The van der Waals surface area contributed by atoms with Crippen LogP contribution in [0.5, 0.6) is 0 Å². The molecule has 12 heavy (non-hydrogen) atoms. The van der Waals surface area contributed by atoms with Gasteiger partial charge in [-0.15, -0.1) is 11.6 Å². The SMILES string of the molecule is NCc1ccccc1C(=O)CCl. The third kappa shape index (κ3) is 1.84. The molecule has 0 saturated heterocycles. The number of halogens is 1. The fourth-order valence-electron chi connectivity index (χ4n) is 1.04. The largest absolute Gasteiger partial charge is 0.326 e. The minimum absolute atomic E-state index is 0.0109. The van der Waals surface area contributed by atoms with E-state index in [0.29, 0.717) is 12.1 Å². The van der Waals surface area contributed by atoms with Gasteiger partial charge in [0.15, 0.2) is 5.78 Å². The third-order valence-electron chi connectivity index (χ3n) is 1.66. The average molecular weight is 184 g/mol. The summed E-state index contributed by atoms with van der Waals surface area (Å²) in [7, 11) is 0. The van der Waals surface area contributed by atoms with Gasteiger partial charge >= 0.3 is 0 Å². The molecule has 0 aliphatic carbocycles. The van der Waals surface area contributed by atoms with E-state index in [1.165, 1.54) is 0 Å². The van der Waals surface area contributed by atoms with Gasteiger partial charge in [-0.3, -0.25) is 4.79 Å². The molecular formula is C9H10ClNO. The fourth-order valence-corrected chi connectivity index (χ4v) is 1.19. The van der Waals surface area contributed by atoms with Crippen LogP contribution in [0.2, 0.25) is 0 Å². The number of carbonyl (C=O) groups excluding carboxylic acids is 1. The van der Waals surface area contributed by atoms with Crippen molar-refractivity contribution in [2.75, 3.05) is 5.88 Å². The molecule has 0 spiro atoms. The van der Waals surface area contributed by atoms with E-state index >= 15 is 0 Å². The molecule has 0 saturated carbocycles. The highest BCUT2D eigenvalue weighted by Crippen LogP contribution is 2.09. The van der Waals surface area contributed by atoms with Gasteiger partial charge in [-0.1, -0.05) is 24.3 Å². The molecular weight excluding hydrogens is 174 g/mol. The predicted octanol–water partition coefficient (Wildman–Crippen LogP) is 1.57. The van der Waals surface area contributed by atoms with Gasteiger partial charge in [0.1, 0.15) is 0 Å². The molecule has 0 atom stereocenters. The second-order valence-corrected chi connectivity index (χ2v) is 2.69. The molecule has 1 aromatic carbocycles. The van der Waals surface area contributed by atoms with E-state index in [1.54, 1.807) is 12.1 Å². The number of benzene rings is 1. The third-order valence-corrected chi connectivity index (χ3v) is 1.90. The lowest BCUT2D eigenvalue weighted by atomic mass is 10.0. The number of carbonyl (C=O) groups is 1. The van der Waals surface area contributed by atoms with Crippen molar-refractivity contribution in [2.24, 2.45) is 5.73 Å². The molecule has 64 valence electrons. The van der Waals surface area contributed by atoms with Crippen LogP contribution >= 0.6 is 11.6 Å². The number of alkyl halides is 1. The van der Waals surface area contributed by atoms with E-state index in [1.807, 2.05) is 12.1 Å². The molecule has 0 aliphatic rings. The first kappa shape index (κ1) is 9.23. The summed E-state index contributed by atoms with van der Waals surface area (Å²) in [5.41, 5.74) is 6.93. The number of rotatable bonds is 3. The van der Waals surface area contributed by atoms with Gasteiger partial charge in [-0.25, -0.2) is 0 Å². The molecule has 0 unspecified atom stereocenters. The second-order valence-electron chi connectivity index (χ2n) is 2.42. The summed E-state index contributed by atoms with van der Waals surface area (Å²) in [5, 5.41) is 0. The number of nitrogens with two attached hydrogens (primary N) is 1. The molecule has 0 radical (unpaired) electrons. The highest BCUT2D eigenvalue weighted by atomic mass is 35.5. The minimum atomic E-state index is -0.0716. The van der Waals surface area contributed by atoms with Crippen molar-refractivity contribution < 1.29 is 4.79 Å². The second kappa shape index (κ2) is 4.24. The van der Waals surface area contributed by atoms with E-state index in [9.17, 15) is 4.79 Å². The molecule has 0 heterocycles.